The molecule has 16 nitrogen and oxygen atoms in total. The maximum Gasteiger partial charge on any atom is 0.421 e. The number of aromatic nitrogens is 1. The molecule has 1 spiro atoms. The van der Waals surface area contributed by atoms with Crippen molar-refractivity contribution in [2.24, 2.45) is 11.7 Å². The van der Waals surface area contributed by atoms with E-state index in [0.717, 1.165) is 10.5 Å². The molecule has 0 saturated carbocycles. The standard InChI is InChI=1S/C50H48N6O10/c1-63-29-30-65-49(62)55-39-22-17-32(11-10-25-54-48(51)61)31-38(39)50(47(55)60)40(45(58)53-26-23-36-16-8-9-24-52-36)42-46(59)66-43(34-14-6-3-7-15-34)41(33-12-4-2-5-13-33)56(42)44(50)35-18-20-37(21-19-35)64-28-27-57/h2-9,12-22,24,31,40-44,57H,23,25-30H2,1H3,(H,53,58)(H3,51,54,61)/t40-,41-,42-,43+,44+,50-/m1/s1. The van der Waals surface area contributed by atoms with Crippen molar-refractivity contribution >= 4 is 35.6 Å². The number of methoxy groups -OCH3 is 1. The molecule has 5 amide bonds. The Kier molecular flexibility index (Phi) is 13.7. The highest BCUT2D eigenvalue weighted by Crippen LogP contribution is 2.66. The van der Waals surface area contributed by atoms with E-state index >= 15 is 14.4 Å². The predicted molar refractivity (Wildman–Crippen MR) is 240 cm³/mol. The molecule has 3 aliphatic rings. The Bertz CT molecular complexity index is 2630. The normalized spacial score (nSPS) is 21.8. The Morgan fingerprint density at radius 3 is 2.26 bits per heavy atom. The SMILES string of the molecule is COCCOC(=O)N1C(=O)[C@@]2(c3cc(C#CCNC(N)=O)ccc31)[C@H](c1ccc(OCCO)cc1)N1[C@H](c3ccccc3)[C@H](c3ccccc3)OC(=O)[C@H]1[C@@H]2C(=O)NCCc1ccccn1. The molecule has 0 bridgehead atoms. The number of nitrogens with one attached hydrogen (secondary N) is 2. The number of hydrogen-bond donors (Lipinski definition) is 4. The van der Waals surface area contributed by atoms with Crippen LogP contribution in [0.3, 0.4) is 0 Å². The molecule has 338 valence electrons. The number of imide groups is 1. The quantitative estimate of drug-likeness (QED) is 0.0700. The van der Waals surface area contributed by atoms with Crippen LogP contribution >= 0.6 is 0 Å². The molecular formula is C50H48N6O10. The number of primary amides is 1. The Morgan fingerprint density at radius 1 is 0.848 bits per heavy atom. The Balaban J connectivity index is 1.41. The van der Waals surface area contributed by atoms with Gasteiger partial charge in [0.25, 0.3) is 0 Å². The van der Waals surface area contributed by atoms with E-state index in [-0.39, 0.29) is 50.8 Å². The topological polar surface area (TPSA) is 212 Å². The maximum atomic E-state index is 16.2. The number of aliphatic hydroxyl groups excluding tert-OH is 1. The number of nitrogens with two attached hydrogens (primary N) is 1. The van der Waals surface area contributed by atoms with Gasteiger partial charge in [0.05, 0.1) is 43.4 Å². The number of morpholine rings is 1. The zero-order valence-corrected chi connectivity index (χ0v) is 36.0. The molecule has 5 aromatic rings. The van der Waals surface area contributed by atoms with E-state index in [2.05, 4.69) is 27.5 Å². The maximum absolute atomic E-state index is 16.2. The number of hydrogen-bond acceptors (Lipinski definition) is 12. The number of pyridine rings is 1. The van der Waals surface area contributed by atoms with Crippen molar-refractivity contribution in [2.75, 3.05) is 51.5 Å². The molecular weight excluding hydrogens is 845 g/mol. The van der Waals surface area contributed by atoms with E-state index in [9.17, 15) is 14.7 Å². The van der Waals surface area contributed by atoms with Crippen LogP contribution in [0.25, 0.3) is 0 Å². The number of urea groups is 1. The molecule has 0 radical (unpaired) electrons. The summed E-state index contributed by atoms with van der Waals surface area (Å²) in [6.45, 7) is -0.368. The van der Waals surface area contributed by atoms with E-state index in [1.165, 1.54) is 7.11 Å². The van der Waals surface area contributed by atoms with Crippen LogP contribution in [0, 0.1) is 17.8 Å². The van der Waals surface area contributed by atoms with Gasteiger partial charge in [-0.3, -0.25) is 24.3 Å². The van der Waals surface area contributed by atoms with Gasteiger partial charge in [-0.25, -0.2) is 14.5 Å². The summed E-state index contributed by atoms with van der Waals surface area (Å²) < 4.78 is 23.1. The van der Waals surface area contributed by atoms with Crippen LogP contribution in [-0.2, 0) is 40.4 Å². The minimum Gasteiger partial charge on any atom is -0.491 e. The number of amides is 5. The molecule has 66 heavy (non-hydrogen) atoms. The lowest BCUT2D eigenvalue weighted by molar-refractivity contribution is -0.178. The molecule has 5 N–H and O–H groups in total. The van der Waals surface area contributed by atoms with Gasteiger partial charge in [-0.15, -0.1) is 0 Å². The third kappa shape index (κ3) is 8.66. The average molecular weight is 893 g/mol. The van der Waals surface area contributed by atoms with Gasteiger partial charge in [0, 0.05) is 37.5 Å². The van der Waals surface area contributed by atoms with Crippen molar-refractivity contribution in [1.29, 1.82) is 0 Å². The summed E-state index contributed by atoms with van der Waals surface area (Å²) in [5, 5.41) is 15.0. The molecule has 4 aromatic carbocycles. The van der Waals surface area contributed by atoms with Gasteiger partial charge >= 0.3 is 18.1 Å². The summed E-state index contributed by atoms with van der Waals surface area (Å²) in [5.74, 6) is 2.54. The summed E-state index contributed by atoms with van der Waals surface area (Å²) in [6.07, 6.45) is 0.0228. The Labute approximate surface area is 381 Å². The number of esters is 1. The number of anilines is 1. The summed E-state index contributed by atoms with van der Waals surface area (Å²) >= 11 is 0. The number of cyclic esters (lactones) is 1. The van der Waals surface area contributed by atoms with Crippen LogP contribution in [0.5, 0.6) is 5.75 Å². The van der Waals surface area contributed by atoms with Gasteiger partial charge in [-0.2, -0.15) is 0 Å². The summed E-state index contributed by atoms with van der Waals surface area (Å²) in [6, 6.07) is 31.6. The second-order valence-corrected chi connectivity index (χ2v) is 15.8. The number of benzene rings is 4. The second kappa shape index (κ2) is 20.1. The fourth-order valence-corrected chi connectivity index (χ4v) is 9.40. The number of carbonyl (C=O) groups excluding carboxylic acids is 5. The molecule has 0 unspecified atom stereocenters. The minimum absolute atomic E-state index is 0.0209. The molecule has 4 heterocycles. The Morgan fingerprint density at radius 2 is 1.58 bits per heavy atom. The van der Waals surface area contributed by atoms with E-state index in [4.69, 9.17) is 24.7 Å². The van der Waals surface area contributed by atoms with Crippen molar-refractivity contribution < 1.29 is 48.0 Å². The first-order chi connectivity index (χ1) is 32.2. The largest absolute Gasteiger partial charge is 0.491 e. The van der Waals surface area contributed by atoms with E-state index in [1.807, 2.05) is 77.7 Å². The van der Waals surface area contributed by atoms with Crippen LogP contribution in [0.4, 0.5) is 15.3 Å². The molecule has 6 atom stereocenters. The van der Waals surface area contributed by atoms with Gasteiger partial charge in [-0.05, 0) is 64.7 Å². The lowest BCUT2D eigenvalue weighted by Gasteiger charge is -2.46. The first-order valence-electron chi connectivity index (χ1n) is 21.4. The summed E-state index contributed by atoms with van der Waals surface area (Å²) in [5.41, 5.74) is 6.55. The number of carbonyl (C=O) groups is 5. The highest BCUT2D eigenvalue weighted by molar-refractivity contribution is 6.23. The van der Waals surface area contributed by atoms with Crippen molar-refractivity contribution in [3.05, 3.63) is 161 Å². The van der Waals surface area contributed by atoms with Gasteiger partial charge in [0.15, 0.2) is 0 Å². The molecule has 0 aliphatic carbocycles. The third-order valence-electron chi connectivity index (χ3n) is 12.0. The van der Waals surface area contributed by atoms with Crippen molar-refractivity contribution in [2.45, 2.75) is 36.1 Å². The molecule has 16 heteroatoms. The molecule has 8 rings (SSSR count). The number of nitrogens with zero attached hydrogens (tertiary/aromatic N) is 3. The predicted octanol–water partition coefficient (Wildman–Crippen LogP) is 4.28. The van der Waals surface area contributed by atoms with Gasteiger partial charge < -0.3 is 40.4 Å². The van der Waals surface area contributed by atoms with Crippen LogP contribution < -0.4 is 26.0 Å². The second-order valence-electron chi connectivity index (χ2n) is 15.8. The number of aliphatic hydroxyl groups is 1. The van der Waals surface area contributed by atoms with E-state index < -0.39 is 65.5 Å². The highest BCUT2D eigenvalue weighted by atomic mass is 16.6. The summed E-state index contributed by atoms with van der Waals surface area (Å²) in [7, 11) is 1.45. The fraction of sp³-hybridized carbons (Fsp3) is 0.280. The first kappa shape index (κ1) is 45.0. The zero-order chi connectivity index (χ0) is 46.2. The van der Waals surface area contributed by atoms with Crippen molar-refractivity contribution in [3.8, 4) is 17.6 Å². The highest BCUT2D eigenvalue weighted by Gasteiger charge is 2.75. The van der Waals surface area contributed by atoms with Crippen LogP contribution in [0.15, 0.2) is 128 Å². The van der Waals surface area contributed by atoms with Gasteiger partial charge in [0.2, 0.25) is 11.8 Å². The smallest absolute Gasteiger partial charge is 0.421 e. The number of rotatable bonds is 14. The third-order valence-corrected chi connectivity index (χ3v) is 12.0. The average Bonchev–Trinajstić information content (AvgIpc) is 3.79. The molecule has 1 aromatic heterocycles. The fourth-order valence-electron chi connectivity index (χ4n) is 9.40. The van der Waals surface area contributed by atoms with Crippen molar-refractivity contribution in [3.63, 3.8) is 0 Å². The number of fused-ring (bicyclic) bond motifs is 3. The minimum atomic E-state index is -2.07. The first-order valence-corrected chi connectivity index (χ1v) is 21.4. The van der Waals surface area contributed by atoms with Crippen molar-refractivity contribution in [1.82, 2.24) is 20.5 Å². The number of ether oxygens (including phenoxy) is 4. The van der Waals surface area contributed by atoms with Crippen LogP contribution in [0.2, 0.25) is 0 Å². The monoisotopic (exact) mass is 892 g/mol. The van der Waals surface area contributed by atoms with Gasteiger partial charge in [0.1, 0.15) is 36.5 Å². The molecule has 2 fully saturated rings. The van der Waals surface area contributed by atoms with E-state index in [1.54, 1.807) is 54.7 Å². The van der Waals surface area contributed by atoms with Crippen LogP contribution in [-0.4, -0.2) is 97.6 Å². The molecule has 2 saturated heterocycles. The Hall–Kier alpha value is -7.58. The zero-order valence-electron chi connectivity index (χ0n) is 36.0. The van der Waals surface area contributed by atoms with Gasteiger partial charge in [-0.1, -0.05) is 90.7 Å². The lowest BCUT2D eigenvalue weighted by Crippen LogP contribution is -2.56. The van der Waals surface area contributed by atoms with Crippen LogP contribution in [0.1, 0.15) is 51.7 Å². The lowest BCUT2D eigenvalue weighted by atomic mass is 9.65. The molecule has 3 aliphatic heterocycles. The van der Waals surface area contributed by atoms with E-state index in [0.29, 0.717) is 34.6 Å². The summed E-state index contributed by atoms with van der Waals surface area (Å²) in [4.78, 5) is 80.2.